The fourth-order valence-corrected chi connectivity index (χ4v) is 1.17. The number of pyridine rings is 1. The second-order valence-electron chi connectivity index (χ2n) is 4.60. The minimum atomic E-state index is -0.183. The topological polar surface area (TPSA) is 49.9 Å². The van der Waals surface area contributed by atoms with Gasteiger partial charge in [0.2, 0.25) is 5.56 Å². The van der Waals surface area contributed by atoms with E-state index in [0.29, 0.717) is 12.0 Å². The summed E-state index contributed by atoms with van der Waals surface area (Å²) in [6, 6.07) is 2.93. The minimum Gasteiger partial charge on any atom is -0.328 e. The number of H-pyrrole nitrogens is 1. The molecule has 0 aromatic carbocycles. The summed E-state index contributed by atoms with van der Waals surface area (Å²) in [7, 11) is 0. The second-order valence-corrected chi connectivity index (χ2v) is 4.60. The van der Waals surface area contributed by atoms with Crippen molar-refractivity contribution in [3.63, 3.8) is 0 Å². The molecule has 76 valence electrons. The van der Waals surface area contributed by atoms with Gasteiger partial charge in [-0.15, -0.1) is 0 Å². The predicted octanol–water partition coefficient (Wildman–Crippen LogP) is 1.99. The molecule has 0 saturated heterocycles. The highest BCUT2D eigenvalue weighted by molar-refractivity contribution is 5.96. The van der Waals surface area contributed by atoms with E-state index in [1.54, 1.807) is 6.07 Å². The van der Waals surface area contributed by atoms with E-state index >= 15 is 0 Å². The van der Waals surface area contributed by atoms with Crippen molar-refractivity contribution in [2.45, 2.75) is 27.2 Å². The quantitative estimate of drug-likeness (QED) is 0.730. The van der Waals surface area contributed by atoms with Gasteiger partial charge in [-0.05, 0) is 11.5 Å². The van der Waals surface area contributed by atoms with Gasteiger partial charge in [-0.25, -0.2) is 0 Å². The van der Waals surface area contributed by atoms with Crippen LogP contribution < -0.4 is 5.56 Å². The third-order valence-corrected chi connectivity index (χ3v) is 1.80. The van der Waals surface area contributed by atoms with Crippen molar-refractivity contribution in [3.8, 4) is 0 Å². The minimum absolute atomic E-state index is 0.0206. The number of aromatic nitrogens is 1. The Kier molecular flexibility index (Phi) is 2.89. The largest absolute Gasteiger partial charge is 0.328 e. The number of hydrogen-bond donors (Lipinski definition) is 1. The lowest BCUT2D eigenvalue weighted by Crippen LogP contribution is -2.14. The van der Waals surface area contributed by atoms with Gasteiger partial charge in [0.15, 0.2) is 5.78 Å². The lowest BCUT2D eigenvalue weighted by molar-refractivity contribution is 0.0939. The van der Waals surface area contributed by atoms with Gasteiger partial charge in [0, 0.05) is 24.2 Å². The molecule has 0 aliphatic heterocycles. The van der Waals surface area contributed by atoms with Gasteiger partial charge in [0.25, 0.3) is 0 Å². The Labute approximate surface area is 83.2 Å². The molecule has 0 amide bonds. The molecule has 1 N–H and O–H groups in total. The Morgan fingerprint density at radius 2 is 2.00 bits per heavy atom. The van der Waals surface area contributed by atoms with Crippen molar-refractivity contribution < 1.29 is 4.79 Å². The molecule has 0 radical (unpaired) electrons. The highest BCUT2D eigenvalue weighted by Gasteiger charge is 2.17. The number of nitrogens with one attached hydrogen (secondary N) is 1. The SMILES string of the molecule is CC(C)(C)CC(=O)c1ccc(=O)[nH]c1. The van der Waals surface area contributed by atoms with Crippen LogP contribution in [-0.4, -0.2) is 10.8 Å². The van der Waals surface area contributed by atoms with Crippen LogP contribution >= 0.6 is 0 Å². The molecule has 1 aromatic rings. The van der Waals surface area contributed by atoms with Gasteiger partial charge in [-0.1, -0.05) is 20.8 Å². The molecular formula is C11H15NO2. The highest BCUT2D eigenvalue weighted by Crippen LogP contribution is 2.20. The van der Waals surface area contributed by atoms with Crippen LogP contribution in [0.1, 0.15) is 37.6 Å². The van der Waals surface area contributed by atoms with Crippen LogP contribution in [-0.2, 0) is 0 Å². The molecule has 0 aliphatic rings. The number of aromatic amines is 1. The average Bonchev–Trinajstić information content (AvgIpc) is 2.02. The number of Topliss-reactive ketones (excluding diaryl/α,β-unsaturated/α-hetero) is 1. The van der Waals surface area contributed by atoms with Crippen LogP contribution in [0.15, 0.2) is 23.1 Å². The van der Waals surface area contributed by atoms with Crippen LogP contribution in [0.2, 0.25) is 0 Å². The first-order valence-corrected chi connectivity index (χ1v) is 4.60. The molecule has 0 bridgehead atoms. The molecule has 0 aliphatic carbocycles. The number of rotatable bonds is 2. The third kappa shape index (κ3) is 3.17. The zero-order valence-electron chi connectivity index (χ0n) is 8.76. The van der Waals surface area contributed by atoms with E-state index in [1.807, 2.05) is 20.8 Å². The lowest BCUT2D eigenvalue weighted by Gasteiger charge is -2.16. The molecule has 1 heterocycles. The van der Waals surface area contributed by atoms with Crippen LogP contribution in [0.3, 0.4) is 0 Å². The number of hydrogen-bond acceptors (Lipinski definition) is 2. The molecule has 0 saturated carbocycles. The Hall–Kier alpha value is -1.38. The zero-order chi connectivity index (χ0) is 10.8. The van der Waals surface area contributed by atoms with E-state index in [2.05, 4.69) is 4.98 Å². The van der Waals surface area contributed by atoms with E-state index in [4.69, 9.17) is 0 Å². The Morgan fingerprint density at radius 3 is 2.43 bits per heavy atom. The lowest BCUT2D eigenvalue weighted by atomic mass is 9.88. The summed E-state index contributed by atoms with van der Waals surface area (Å²) in [6.45, 7) is 6.03. The Bertz CT molecular complexity index is 365. The molecule has 0 spiro atoms. The number of carbonyl (C=O) groups is 1. The van der Waals surface area contributed by atoms with E-state index < -0.39 is 0 Å². The maximum Gasteiger partial charge on any atom is 0.247 e. The summed E-state index contributed by atoms with van der Waals surface area (Å²) in [5.74, 6) is 0.0637. The van der Waals surface area contributed by atoms with Crippen LogP contribution in [0.5, 0.6) is 0 Å². The summed E-state index contributed by atoms with van der Waals surface area (Å²) in [4.78, 5) is 24.9. The van der Waals surface area contributed by atoms with Crippen LogP contribution in [0, 0.1) is 5.41 Å². The molecule has 3 nitrogen and oxygen atoms in total. The first-order valence-electron chi connectivity index (χ1n) is 4.60. The Morgan fingerprint density at radius 1 is 1.36 bits per heavy atom. The third-order valence-electron chi connectivity index (χ3n) is 1.80. The molecule has 0 atom stereocenters. The van der Waals surface area contributed by atoms with E-state index in [1.165, 1.54) is 12.3 Å². The zero-order valence-corrected chi connectivity index (χ0v) is 8.76. The van der Waals surface area contributed by atoms with Crippen molar-refractivity contribution in [2.75, 3.05) is 0 Å². The predicted molar refractivity (Wildman–Crippen MR) is 55.5 cm³/mol. The molecular weight excluding hydrogens is 178 g/mol. The molecule has 1 rings (SSSR count). The highest BCUT2D eigenvalue weighted by atomic mass is 16.1. The average molecular weight is 193 g/mol. The van der Waals surface area contributed by atoms with Crippen molar-refractivity contribution in [1.29, 1.82) is 0 Å². The molecule has 1 aromatic heterocycles. The fourth-order valence-electron chi connectivity index (χ4n) is 1.17. The van der Waals surface area contributed by atoms with Crippen molar-refractivity contribution in [2.24, 2.45) is 5.41 Å². The van der Waals surface area contributed by atoms with Crippen LogP contribution in [0.25, 0.3) is 0 Å². The summed E-state index contributed by atoms with van der Waals surface area (Å²) in [5, 5.41) is 0. The van der Waals surface area contributed by atoms with Crippen molar-refractivity contribution >= 4 is 5.78 Å². The molecule has 0 unspecified atom stereocenters. The summed E-state index contributed by atoms with van der Waals surface area (Å²) in [6.07, 6.45) is 1.95. The molecule has 0 fully saturated rings. The fraction of sp³-hybridized carbons (Fsp3) is 0.455. The van der Waals surface area contributed by atoms with Gasteiger partial charge >= 0.3 is 0 Å². The second kappa shape index (κ2) is 3.78. The van der Waals surface area contributed by atoms with Gasteiger partial charge < -0.3 is 4.98 Å². The van der Waals surface area contributed by atoms with E-state index in [9.17, 15) is 9.59 Å². The maximum atomic E-state index is 11.6. The first kappa shape index (κ1) is 10.7. The monoisotopic (exact) mass is 193 g/mol. The normalized spacial score (nSPS) is 11.4. The Balaban J connectivity index is 2.81. The number of ketones is 1. The van der Waals surface area contributed by atoms with E-state index in [0.717, 1.165) is 0 Å². The van der Waals surface area contributed by atoms with Gasteiger partial charge in [0.05, 0.1) is 0 Å². The maximum absolute atomic E-state index is 11.6. The van der Waals surface area contributed by atoms with Gasteiger partial charge in [-0.3, -0.25) is 9.59 Å². The van der Waals surface area contributed by atoms with Crippen molar-refractivity contribution in [3.05, 3.63) is 34.2 Å². The van der Waals surface area contributed by atoms with Crippen molar-refractivity contribution in [1.82, 2.24) is 4.98 Å². The standard InChI is InChI=1S/C11H15NO2/c1-11(2,3)6-9(13)8-4-5-10(14)12-7-8/h4-5,7H,6H2,1-3H3,(H,12,14). The van der Waals surface area contributed by atoms with E-state index in [-0.39, 0.29) is 16.8 Å². The first-order chi connectivity index (χ1) is 6.38. The molecule has 14 heavy (non-hydrogen) atoms. The molecule has 3 heteroatoms. The smallest absolute Gasteiger partial charge is 0.247 e. The summed E-state index contributed by atoms with van der Waals surface area (Å²) < 4.78 is 0. The van der Waals surface area contributed by atoms with Gasteiger partial charge in [-0.2, -0.15) is 0 Å². The van der Waals surface area contributed by atoms with Crippen LogP contribution in [0.4, 0.5) is 0 Å². The van der Waals surface area contributed by atoms with Gasteiger partial charge in [0.1, 0.15) is 0 Å². The summed E-state index contributed by atoms with van der Waals surface area (Å²) >= 11 is 0. The number of carbonyl (C=O) groups excluding carboxylic acids is 1. The summed E-state index contributed by atoms with van der Waals surface area (Å²) in [5.41, 5.74) is 0.365.